The van der Waals surface area contributed by atoms with Gasteiger partial charge in [-0.2, -0.15) is 0 Å². The van der Waals surface area contributed by atoms with Gasteiger partial charge in [0, 0.05) is 18.5 Å². The molecule has 0 saturated carbocycles. The van der Waals surface area contributed by atoms with Gasteiger partial charge in [0.1, 0.15) is 11.5 Å². The molecule has 5 nitrogen and oxygen atoms in total. The Morgan fingerprint density at radius 2 is 2.00 bits per heavy atom. The van der Waals surface area contributed by atoms with E-state index in [0.717, 1.165) is 41.2 Å². The summed E-state index contributed by atoms with van der Waals surface area (Å²) in [6, 6.07) is 9.93. The summed E-state index contributed by atoms with van der Waals surface area (Å²) >= 11 is 1.58. The summed E-state index contributed by atoms with van der Waals surface area (Å²) in [4.78, 5) is 30.1. The second kappa shape index (κ2) is 6.03. The highest BCUT2D eigenvalue weighted by Crippen LogP contribution is 2.40. The summed E-state index contributed by atoms with van der Waals surface area (Å²) < 4.78 is 0. The number of likely N-dealkylation sites (N-methyl/N-ethyl adjacent to an activating group) is 1. The monoisotopic (exact) mass is 341 g/mol. The zero-order valence-electron chi connectivity index (χ0n) is 13.5. The van der Waals surface area contributed by atoms with Gasteiger partial charge in [-0.3, -0.25) is 14.5 Å². The summed E-state index contributed by atoms with van der Waals surface area (Å²) in [5.74, 6) is -0.0617. The smallest absolute Gasteiger partial charge is 0.257 e. The van der Waals surface area contributed by atoms with Crippen LogP contribution in [-0.4, -0.2) is 36.9 Å². The number of amides is 2. The van der Waals surface area contributed by atoms with Gasteiger partial charge in [-0.05, 0) is 24.1 Å². The Balaban J connectivity index is 1.82. The first-order valence-electron chi connectivity index (χ1n) is 8.10. The van der Waals surface area contributed by atoms with Gasteiger partial charge in [-0.25, -0.2) is 0 Å². The SMILES string of the molecule is CN1CC(=O)N(Cc2ccccc2)c2sc3c(c2C1=O)CCNC3. The number of anilines is 1. The van der Waals surface area contributed by atoms with Crippen LogP contribution in [0.25, 0.3) is 0 Å². The number of nitrogens with one attached hydrogen (secondary N) is 1. The molecule has 4 rings (SSSR count). The zero-order chi connectivity index (χ0) is 16.7. The molecule has 1 aromatic carbocycles. The van der Waals surface area contributed by atoms with Gasteiger partial charge in [-0.15, -0.1) is 11.3 Å². The summed E-state index contributed by atoms with van der Waals surface area (Å²) in [5, 5.41) is 4.16. The van der Waals surface area contributed by atoms with Crippen molar-refractivity contribution in [3.63, 3.8) is 0 Å². The Kier molecular flexibility index (Phi) is 3.86. The van der Waals surface area contributed by atoms with Crippen molar-refractivity contribution in [3.05, 3.63) is 51.9 Å². The molecule has 0 radical (unpaired) electrons. The number of fused-ring (bicyclic) bond motifs is 3. The van der Waals surface area contributed by atoms with E-state index < -0.39 is 0 Å². The summed E-state index contributed by atoms with van der Waals surface area (Å²) in [5.41, 5.74) is 2.93. The normalized spacial score (nSPS) is 17.5. The van der Waals surface area contributed by atoms with Crippen molar-refractivity contribution in [2.24, 2.45) is 0 Å². The van der Waals surface area contributed by atoms with Crippen molar-refractivity contribution in [2.45, 2.75) is 19.5 Å². The minimum atomic E-state index is -0.0340. The minimum absolute atomic E-state index is 0.0278. The molecule has 0 spiro atoms. The molecule has 0 aliphatic carbocycles. The zero-order valence-corrected chi connectivity index (χ0v) is 14.4. The lowest BCUT2D eigenvalue weighted by Gasteiger charge is -2.20. The molecule has 0 saturated heterocycles. The van der Waals surface area contributed by atoms with Gasteiger partial charge < -0.3 is 10.2 Å². The molecule has 24 heavy (non-hydrogen) atoms. The quantitative estimate of drug-likeness (QED) is 0.909. The molecule has 124 valence electrons. The van der Waals surface area contributed by atoms with Crippen molar-refractivity contribution in [3.8, 4) is 0 Å². The van der Waals surface area contributed by atoms with E-state index in [1.807, 2.05) is 30.3 Å². The Hall–Kier alpha value is -2.18. The van der Waals surface area contributed by atoms with Crippen LogP contribution in [0.1, 0.15) is 26.4 Å². The number of carbonyl (C=O) groups is 2. The largest absolute Gasteiger partial charge is 0.332 e. The lowest BCUT2D eigenvalue weighted by Crippen LogP contribution is -2.37. The Morgan fingerprint density at radius 3 is 2.79 bits per heavy atom. The fourth-order valence-corrected chi connectivity index (χ4v) is 4.65. The fraction of sp³-hybridized carbons (Fsp3) is 0.333. The summed E-state index contributed by atoms with van der Waals surface area (Å²) in [6.07, 6.45) is 0.841. The first-order chi connectivity index (χ1) is 11.6. The molecule has 1 N–H and O–H groups in total. The molecule has 2 aromatic rings. The number of thiophene rings is 1. The van der Waals surface area contributed by atoms with E-state index in [2.05, 4.69) is 5.32 Å². The van der Waals surface area contributed by atoms with Crippen LogP contribution in [0.2, 0.25) is 0 Å². The molecular formula is C18H19N3O2S. The van der Waals surface area contributed by atoms with Crippen LogP contribution in [0.3, 0.4) is 0 Å². The molecule has 6 heteroatoms. The van der Waals surface area contributed by atoms with Crippen LogP contribution < -0.4 is 10.2 Å². The Labute approximate surface area is 144 Å². The van der Waals surface area contributed by atoms with Gasteiger partial charge in [0.25, 0.3) is 5.91 Å². The molecule has 0 atom stereocenters. The van der Waals surface area contributed by atoms with Crippen LogP contribution in [0.4, 0.5) is 5.00 Å². The lowest BCUT2D eigenvalue weighted by atomic mass is 10.0. The third kappa shape index (κ3) is 2.52. The Bertz CT molecular complexity index is 800. The van der Waals surface area contributed by atoms with E-state index in [-0.39, 0.29) is 18.4 Å². The van der Waals surface area contributed by atoms with Crippen molar-refractivity contribution in [1.82, 2.24) is 10.2 Å². The molecular weight excluding hydrogens is 322 g/mol. The first-order valence-corrected chi connectivity index (χ1v) is 8.92. The second-order valence-corrected chi connectivity index (χ2v) is 7.32. The molecule has 2 aliphatic rings. The van der Waals surface area contributed by atoms with Crippen LogP contribution >= 0.6 is 11.3 Å². The van der Waals surface area contributed by atoms with Crippen molar-refractivity contribution < 1.29 is 9.59 Å². The van der Waals surface area contributed by atoms with Gasteiger partial charge >= 0.3 is 0 Å². The molecule has 3 heterocycles. The molecule has 2 aliphatic heterocycles. The number of rotatable bonds is 2. The standard InChI is InChI=1S/C18H19N3O2S/c1-20-11-15(22)21(10-12-5-3-2-4-6-12)18-16(17(20)23)13-7-8-19-9-14(13)24-18/h2-6,19H,7-11H2,1H3. The maximum absolute atomic E-state index is 12.8. The van der Waals surface area contributed by atoms with E-state index in [1.54, 1.807) is 28.2 Å². The van der Waals surface area contributed by atoms with Crippen LogP contribution in [0, 0.1) is 0 Å². The average Bonchev–Trinajstić information content (AvgIpc) is 2.95. The predicted molar refractivity (Wildman–Crippen MR) is 94.3 cm³/mol. The summed E-state index contributed by atoms with van der Waals surface area (Å²) in [6.45, 7) is 2.28. The maximum Gasteiger partial charge on any atom is 0.257 e. The van der Waals surface area contributed by atoms with Gasteiger partial charge in [0.2, 0.25) is 5.91 Å². The number of benzene rings is 1. The highest BCUT2D eigenvalue weighted by molar-refractivity contribution is 7.17. The molecule has 2 amide bonds. The van der Waals surface area contributed by atoms with E-state index >= 15 is 0 Å². The third-order valence-electron chi connectivity index (χ3n) is 4.57. The van der Waals surface area contributed by atoms with Crippen LogP contribution in [-0.2, 0) is 24.3 Å². The van der Waals surface area contributed by atoms with Crippen molar-refractivity contribution >= 4 is 28.2 Å². The van der Waals surface area contributed by atoms with Crippen molar-refractivity contribution in [1.29, 1.82) is 0 Å². The fourth-order valence-electron chi connectivity index (χ4n) is 3.32. The number of hydrogen-bond acceptors (Lipinski definition) is 4. The number of hydrogen-bond donors (Lipinski definition) is 1. The third-order valence-corrected chi connectivity index (χ3v) is 5.83. The average molecular weight is 341 g/mol. The van der Waals surface area contributed by atoms with E-state index in [4.69, 9.17) is 0 Å². The minimum Gasteiger partial charge on any atom is -0.332 e. The number of nitrogens with zero attached hydrogens (tertiary/aromatic N) is 2. The van der Waals surface area contributed by atoms with Gasteiger partial charge in [-0.1, -0.05) is 30.3 Å². The first kappa shape index (κ1) is 15.4. The summed E-state index contributed by atoms with van der Waals surface area (Å²) in [7, 11) is 1.71. The molecule has 1 aromatic heterocycles. The van der Waals surface area contributed by atoms with Crippen LogP contribution in [0.15, 0.2) is 30.3 Å². The topological polar surface area (TPSA) is 52.7 Å². The molecule has 0 fully saturated rings. The Morgan fingerprint density at radius 1 is 1.21 bits per heavy atom. The molecule has 0 unspecified atom stereocenters. The molecule has 0 bridgehead atoms. The van der Waals surface area contributed by atoms with E-state index in [1.165, 1.54) is 4.88 Å². The van der Waals surface area contributed by atoms with Gasteiger partial charge in [0.15, 0.2) is 0 Å². The second-order valence-electron chi connectivity index (χ2n) is 6.24. The van der Waals surface area contributed by atoms with E-state index in [0.29, 0.717) is 6.54 Å². The number of carbonyl (C=O) groups excluding carboxylic acids is 2. The van der Waals surface area contributed by atoms with E-state index in [9.17, 15) is 9.59 Å². The predicted octanol–water partition coefficient (Wildman–Crippen LogP) is 2.01. The highest BCUT2D eigenvalue weighted by Gasteiger charge is 2.35. The maximum atomic E-state index is 12.8. The van der Waals surface area contributed by atoms with Crippen molar-refractivity contribution in [2.75, 3.05) is 25.0 Å². The lowest BCUT2D eigenvalue weighted by molar-refractivity contribution is -0.119. The van der Waals surface area contributed by atoms with Gasteiger partial charge in [0.05, 0.1) is 12.1 Å². The highest BCUT2D eigenvalue weighted by atomic mass is 32.1. The van der Waals surface area contributed by atoms with Crippen LogP contribution in [0.5, 0.6) is 0 Å².